The van der Waals surface area contributed by atoms with Gasteiger partial charge in [0.15, 0.2) is 5.96 Å². The van der Waals surface area contributed by atoms with Crippen molar-refractivity contribution in [1.82, 2.24) is 10.2 Å². The number of benzene rings is 1. The SMILES string of the molecule is CN=C(NCCC(=O)Nc1ccc(C)cc1Cl)N1CC(C)C(C(=O)OC)C1. The van der Waals surface area contributed by atoms with Gasteiger partial charge in [-0.25, -0.2) is 0 Å². The predicted octanol–water partition coefficient (Wildman–Crippen LogP) is 2.29. The van der Waals surface area contributed by atoms with Gasteiger partial charge in [0.05, 0.1) is 23.7 Å². The fourth-order valence-electron chi connectivity index (χ4n) is 3.15. The molecule has 0 bridgehead atoms. The van der Waals surface area contributed by atoms with Crippen molar-refractivity contribution in [1.29, 1.82) is 0 Å². The molecule has 1 fully saturated rings. The molecule has 1 amide bonds. The first-order valence-electron chi connectivity index (χ1n) is 8.95. The molecular weight excluding hydrogens is 368 g/mol. The summed E-state index contributed by atoms with van der Waals surface area (Å²) in [4.78, 5) is 30.3. The van der Waals surface area contributed by atoms with Crippen LogP contribution in [0.5, 0.6) is 0 Å². The van der Waals surface area contributed by atoms with Crippen LogP contribution in [0, 0.1) is 18.8 Å². The van der Waals surface area contributed by atoms with Crippen molar-refractivity contribution < 1.29 is 14.3 Å². The molecule has 0 saturated carbocycles. The predicted molar refractivity (Wildman–Crippen MR) is 107 cm³/mol. The fraction of sp³-hybridized carbons (Fsp3) is 0.526. The second-order valence-electron chi connectivity index (χ2n) is 6.77. The molecule has 27 heavy (non-hydrogen) atoms. The lowest BCUT2D eigenvalue weighted by Crippen LogP contribution is -2.41. The van der Waals surface area contributed by atoms with E-state index in [1.165, 1.54) is 7.11 Å². The second-order valence-corrected chi connectivity index (χ2v) is 7.17. The van der Waals surface area contributed by atoms with Crippen LogP contribution in [0.4, 0.5) is 5.69 Å². The number of nitrogens with one attached hydrogen (secondary N) is 2. The Morgan fingerprint density at radius 1 is 1.37 bits per heavy atom. The Balaban J connectivity index is 1.82. The van der Waals surface area contributed by atoms with Gasteiger partial charge in [0, 0.05) is 33.1 Å². The van der Waals surface area contributed by atoms with Crippen molar-refractivity contribution in [2.75, 3.05) is 39.1 Å². The molecule has 2 unspecified atom stereocenters. The number of halogens is 1. The van der Waals surface area contributed by atoms with Gasteiger partial charge < -0.3 is 20.3 Å². The highest BCUT2D eigenvalue weighted by Gasteiger charge is 2.36. The minimum atomic E-state index is -0.199. The van der Waals surface area contributed by atoms with Crippen LogP contribution in [0.1, 0.15) is 18.9 Å². The molecule has 0 aromatic heterocycles. The Labute approximate surface area is 165 Å². The zero-order valence-corrected chi connectivity index (χ0v) is 17.0. The zero-order valence-electron chi connectivity index (χ0n) is 16.2. The maximum atomic E-state index is 12.1. The van der Waals surface area contributed by atoms with Crippen molar-refractivity contribution in [3.63, 3.8) is 0 Å². The summed E-state index contributed by atoms with van der Waals surface area (Å²) in [6.07, 6.45) is 0.271. The normalized spacial score (nSPS) is 19.7. The van der Waals surface area contributed by atoms with Gasteiger partial charge in [0.25, 0.3) is 0 Å². The second kappa shape index (κ2) is 9.60. The molecule has 1 aromatic carbocycles. The van der Waals surface area contributed by atoms with E-state index in [1.54, 1.807) is 13.1 Å². The van der Waals surface area contributed by atoms with E-state index in [0.717, 1.165) is 5.56 Å². The van der Waals surface area contributed by atoms with Gasteiger partial charge >= 0.3 is 5.97 Å². The highest BCUT2D eigenvalue weighted by molar-refractivity contribution is 6.33. The van der Waals surface area contributed by atoms with Crippen molar-refractivity contribution in [2.45, 2.75) is 20.3 Å². The van der Waals surface area contributed by atoms with Gasteiger partial charge in [-0.2, -0.15) is 0 Å². The summed E-state index contributed by atoms with van der Waals surface area (Å²) in [6.45, 7) is 5.66. The number of hydrogen-bond acceptors (Lipinski definition) is 4. The molecule has 2 N–H and O–H groups in total. The number of methoxy groups -OCH3 is 1. The van der Waals surface area contributed by atoms with E-state index in [4.69, 9.17) is 16.3 Å². The molecule has 1 heterocycles. The molecular formula is C19H27ClN4O3. The molecule has 1 aromatic rings. The molecule has 7 nitrogen and oxygen atoms in total. The maximum Gasteiger partial charge on any atom is 0.310 e. The number of amides is 1. The third kappa shape index (κ3) is 5.60. The van der Waals surface area contributed by atoms with Crippen LogP contribution >= 0.6 is 11.6 Å². The quantitative estimate of drug-likeness (QED) is 0.455. The highest BCUT2D eigenvalue weighted by Crippen LogP contribution is 2.24. The number of hydrogen-bond donors (Lipinski definition) is 2. The summed E-state index contributed by atoms with van der Waals surface area (Å²) < 4.78 is 4.86. The molecule has 1 aliphatic heterocycles. The smallest absolute Gasteiger partial charge is 0.310 e. The van der Waals surface area contributed by atoms with Crippen LogP contribution in [-0.2, 0) is 14.3 Å². The van der Waals surface area contributed by atoms with E-state index < -0.39 is 0 Å². The molecule has 0 aliphatic carbocycles. The number of likely N-dealkylation sites (tertiary alicyclic amines) is 1. The van der Waals surface area contributed by atoms with Gasteiger partial charge in [-0.3, -0.25) is 14.6 Å². The largest absolute Gasteiger partial charge is 0.469 e. The molecule has 2 atom stereocenters. The lowest BCUT2D eigenvalue weighted by atomic mass is 9.99. The van der Waals surface area contributed by atoms with Crippen molar-refractivity contribution in [2.24, 2.45) is 16.8 Å². The molecule has 0 spiro atoms. The lowest BCUT2D eigenvalue weighted by molar-refractivity contribution is -0.146. The topological polar surface area (TPSA) is 83.0 Å². The monoisotopic (exact) mass is 394 g/mol. The van der Waals surface area contributed by atoms with Crippen molar-refractivity contribution in [3.8, 4) is 0 Å². The average molecular weight is 395 g/mol. The van der Waals surface area contributed by atoms with E-state index in [9.17, 15) is 9.59 Å². The van der Waals surface area contributed by atoms with Crippen molar-refractivity contribution in [3.05, 3.63) is 28.8 Å². The fourth-order valence-corrected chi connectivity index (χ4v) is 3.43. The summed E-state index contributed by atoms with van der Waals surface area (Å²) in [5, 5.41) is 6.51. The number of carbonyl (C=O) groups excluding carboxylic acids is 2. The van der Waals surface area contributed by atoms with Crippen LogP contribution in [0.15, 0.2) is 23.2 Å². The molecule has 0 radical (unpaired) electrons. The van der Waals surface area contributed by atoms with Crippen LogP contribution in [-0.4, -0.2) is 56.5 Å². The number of anilines is 1. The molecule has 2 rings (SSSR count). The Bertz CT molecular complexity index is 723. The van der Waals surface area contributed by atoms with E-state index in [-0.39, 0.29) is 30.1 Å². The van der Waals surface area contributed by atoms with E-state index in [1.807, 2.05) is 30.9 Å². The number of ether oxygens (including phenoxy) is 1. The first-order chi connectivity index (χ1) is 12.8. The van der Waals surface area contributed by atoms with Crippen LogP contribution < -0.4 is 10.6 Å². The number of nitrogens with zero attached hydrogens (tertiary/aromatic N) is 2. The van der Waals surface area contributed by atoms with E-state index in [2.05, 4.69) is 15.6 Å². The summed E-state index contributed by atoms with van der Waals surface area (Å²) in [6, 6.07) is 5.50. The summed E-state index contributed by atoms with van der Waals surface area (Å²) in [7, 11) is 3.09. The van der Waals surface area contributed by atoms with Gasteiger partial charge in [-0.1, -0.05) is 24.6 Å². The zero-order chi connectivity index (χ0) is 20.0. The van der Waals surface area contributed by atoms with E-state index in [0.29, 0.717) is 36.3 Å². The van der Waals surface area contributed by atoms with Crippen molar-refractivity contribution >= 4 is 35.1 Å². The number of aliphatic imine (C=N–C) groups is 1. The highest BCUT2D eigenvalue weighted by atomic mass is 35.5. The summed E-state index contributed by atoms with van der Waals surface area (Å²) >= 11 is 6.14. The Kier molecular flexibility index (Phi) is 7.47. The third-order valence-electron chi connectivity index (χ3n) is 4.66. The Hall–Kier alpha value is -2.28. The Morgan fingerprint density at radius 2 is 2.11 bits per heavy atom. The van der Waals surface area contributed by atoms with Gasteiger partial charge in [0.1, 0.15) is 0 Å². The lowest BCUT2D eigenvalue weighted by Gasteiger charge is -2.21. The first-order valence-corrected chi connectivity index (χ1v) is 9.33. The molecule has 148 valence electrons. The van der Waals surface area contributed by atoms with Crippen LogP contribution in [0.25, 0.3) is 0 Å². The van der Waals surface area contributed by atoms with E-state index >= 15 is 0 Å². The standard InChI is InChI=1S/C19H27ClN4O3/c1-12-5-6-16(15(20)9-12)23-17(25)7-8-22-19(21-3)24-10-13(2)14(11-24)18(26)27-4/h5-6,9,13-14H,7-8,10-11H2,1-4H3,(H,21,22)(H,23,25). The first kappa shape index (κ1) is 21.0. The minimum Gasteiger partial charge on any atom is -0.469 e. The third-order valence-corrected chi connectivity index (χ3v) is 4.97. The maximum absolute atomic E-state index is 12.1. The molecule has 1 saturated heterocycles. The Morgan fingerprint density at radius 3 is 2.74 bits per heavy atom. The minimum absolute atomic E-state index is 0.133. The number of rotatable bonds is 5. The van der Waals surface area contributed by atoms with Crippen LogP contribution in [0.2, 0.25) is 5.02 Å². The number of guanidine groups is 1. The number of esters is 1. The van der Waals surface area contributed by atoms with Gasteiger partial charge in [-0.15, -0.1) is 0 Å². The number of carbonyl (C=O) groups is 2. The van der Waals surface area contributed by atoms with Gasteiger partial charge in [-0.05, 0) is 30.5 Å². The summed E-state index contributed by atoms with van der Waals surface area (Å²) in [5.41, 5.74) is 1.64. The van der Waals surface area contributed by atoms with Gasteiger partial charge in [0.2, 0.25) is 5.91 Å². The average Bonchev–Trinajstić information content (AvgIpc) is 3.02. The summed E-state index contributed by atoms with van der Waals surface area (Å²) in [5.74, 6) is 0.360. The molecule has 8 heteroatoms. The number of aryl methyl sites for hydroxylation is 1. The van der Waals surface area contributed by atoms with Crippen LogP contribution in [0.3, 0.4) is 0 Å². The molecule has 1 aliphatic rings.